The van der Waals surface area contributed by atoms with Crippen molar-refractivity contribution in [3.63, 3.8) is 0 Å². The number of carbonyl (C=O) groups is 1. The minimum atomic E-state index is -1.02. The van der Waals surface area contributed by atoms with Crippen LogP contribution >= 0.6 is 11.6 Å². The highest BCUT2D eigenvalue weighted by Crippen LogP contribution is 2.27. The topological polar surface area (TPSA) is 71.5 Å². The maximum absolute atomic E-state index is 11.2. The number of aromatic nitrogens is 1. The van der Waals surface area contributed by atoms with Crippen molar-refractivity contribution in [1.82, 2.24) is 4.98 Å². The van der Waals surface area contributed by atoms with Crippen LogP contribution in [0.3, 0.4) is 0 Å². The molecular formula is C13H17ClN2O3. The first-order valence-electron chi connectivity index (χ1n) is 6.18. The summed E-state index contributed by atoms with van der Waals surface area (Å²) in [6.07, 6.45) is 1.61. The van der Waals surface area contributed by atoms with Gasteiger partial charge < -0.3 is 15.2 Å². The molecule has 1 fully saturated rings. The predicted molar refractivity (Wildman–Crippen MR) is 72.9 cm³/mol. The molecule has 1 aliphatic heterocycles. The van der Waals surface area contributed by atoms with Crippen molar-refractivity contribution < 1.29 is 14.6 Å². The highest BCUT2D eigenvalue weighted by molar-refractivity contribution is 6.29. The fourth-order valence-corrected chi connectivity index (χ4v) is 2.41. The van der Waals surface area contributed by atoms with Crippen LogP contribution < -0.4 is 5.32 Å². The molecule has 0 spiro atoms. The van der Waals surface area contributed by atoms with Gasteiger partial charge in [0.2, 0.25) is 0 Å². The summed E-state index contributed by atoms with van der Waals surface area (Å²) in [5.74, 6) is -0.694. The number of nitrogens with one attached hydrogen (secondary N) is 1. The van der Waals surface area contributed by atoms with Crippen LogP contribution in [-0.4, -0.2) is 34.3 Å². The average molecular weight is 285 g/mol. The lowest BCUT2D eigenvalue weighted by molar-refractivity contribution is -0.0553. The molecule has 1 atom stereocenters. The SMILES string of the molecule is CC1(C)CC(Nc2nc(Cl)ccc2C(=O)O)CCO1. The molecule has 1 saturated heterocycles. The molecule has 2 N–H and O–H groups in total. The first kappa shape index (κ1) is 14.1. The van der Waals surface area contributed by atoms with Gasteiger partial charge in [-0.15, -0.1) is 0 Å². The van der Waals surface area contributed by atoms with Crippen molar-refractivity contribution in [2.45, 2.75) is 38.3 Å². The number of halogens is 1. The number of carboxylic acids is 1. The van der Waals surface area contributed by atoms with Gasteiger partial charge in [0, 0.05) is 12.6 Å². The lowest BCUT2D eigenvalue weighted by atomic mass is 9.94. The Morgan fingerprint density at radius 1 is 1.58 bits per heavy atom. The molecule has 6 heteroatoms. The molecule has 0 saturated carbocycles. The molecule has 19 heavy (non-hydrogen) atoms. The van der Waals surface area contributed by atoms with Crippen LogP contribution in [0.4, 0.5) is 5.82 Å². The number of anilines is 1. The van der Waals surface area contributed by atoms with E-state index >= 15 is 0 Å². The highest BCUT2D eigenvalue weighted by atomic mass is 35.5. The summed E-state index contributed by atoms with van der Waals surface area (Å²) in [6, 6.07) is 3.07. The summed E-state index contributed by atoms with van der Waals surface area (Å²) in [5.41, 5.74) is -0.0774. The van der Waals surface area contributed by atoms with Gasteiger partial charge in [0.1, 0.15) is 16.5 Å². The number of hydrogen-bond acceptors (Lipinski definition) is 4. The third kappa shape index (κ3) is 3.58. The van der Waals surface area contributed by atoms with E-state index in [-0.39, 0.29) is 22.4 Å². The molecular weight excluding hydrogens is 268 g/mol. The minimum Gasteiger partial charge on any atom is -0.478 e. The van der Waals surface area contributed by atoms with Gasteiger partial charge in [0.05, 0.1) is 5.60 Å². The Morgan fingerprint density at radius 3 is 2.95 bits per heavy atom. The summed E-state index contributed by atoms with van der Waals surface area (Å²) in [4.78, 5) is 15.2. The van der Waals surface area contributed by atoms with Gasteiger partial charge in [-0.2, -0.15) is 0 Å². The molecule has 0 radical (unpaired) electrons. The summed E-state index contributed by atoms with van der Waals surface area (Å²) in [5, 5.41) is 12.6. The van der Waals surface area contributed by atoms with Crippen LogP contribution in [0.5, 0.6) is 0 Å². The number of ether oxygens (including phenoxy) is 1. The number of carboxylic acid groups (broad SMARTS) is 1. The Labute approximate surface area is 116 Å². The fraction of sp³-hybridized carbons (Fsp3) is 0.538. The fourth-order valence-electron chi connectivity index (χ4n) is 2.27. The number of nitrogens with zero attached hydrogens (tertiary/aromatic N) is 1. The van der Waals surface area contributed by atoms with Crippen molar-refractivity contribution >= 4 is 23.4 Å². The van der Waals surface area contributed by atoms with Gasteiger partial charge in [-0.25, -0.2) is 9.78 Å². The molecule has 1 aliphatic rings. The lowest BCUT2D eigenvalue weighted by Gasteiger charge is -2.36. The van der Waals surface area contributed by atoms with E-state index in [4.69, 9.17) is 21.4 Å². The van der Waals surface area contributed by atoms with E-state index in [1.165, 1.54) is 12.1 Å². The van der Waals surface area contributed by atoms with E-state index in [1.54, 1.807) is 0 Å². The van der Waals surface area contributed by atoms with Gasteiger partial charge in [-0.05, 0) is 38.8 Å². The minimum absolute atomic E-state index is 0.132. The van der Waals surface area contributed by atoms with E-state index in [1.807, 2.05) is 13.8 Å². The molecule has 104 valence electrons. The van der Waals surface area contributed by atoms with E-state index in [0.717, 1.165) is 12.8 Å². The second-order valence-corrected chi connectivity index (χ2v) is 5.66. The largest absolute Gasteiger partial charge is 0.478 e. The second-order valence-electron chi connectivity index (χ2n) is 5.28. The van der Waals surface area contributed by atoms with Gasteiger partial charge in [0.25, 0.3) is 0 Å². The summed E-state index contributed by atoms with van der Waals surface area (Å²) >= 11 is 5.83. The standard InChI is InChI=1S/C13H17ClN2O3/c1-13(2)7-8(5-6-19-13)15-11-9(12(17)18)3-4-10(14)16-11/h3-4,8H,5-7H2,1-2H3,(H,15,16)(H,17,18). The maximum Gasteiger partial charge on any atom is 0.339 e. The van der Waals surface area contributed by atoms with Crippen LogP contribution in [0.1, 0.15) is 37.0 Å². The summed E-state index contributed by atoms with van der Waals surface area (Å²) in [6.45, 7) is 4.68. The molecule has 0 aliphatic carbocycles. The molecule has 1 unspecified atom stereocenters. The second kappa shape index (κ2) is 5.35. The zero-order valence-corrected chi connectivity index (χ0v) is 11.7. The quantitative estimate of drug-likeness (QED) is 0.835. The molecule has 0 amide bonds. The Hall–Kier alpha value is -1.33. The van der Waals surface area contributed by atoms with E-state index < -0.39 is 5.97 Å². The zero-order chi connectivity index (χ0) is 14.0. The number of pyridine rings is 1. The van der Waals surface area contributed by atoms with Crippen molar-refractivity contribution in [2.75, 3.05) is 11.9 Å². The van der Waals surface area contributed by atoms with Gasteiger partial charge in [0.15, 0.2) is 0 Å². The Balaban J connectivity index is 2.18. The molecule has 1 aromatic rings. The van der Waals surface area contributed by atoms with Crippen molar-refractivity contribution in [3.8, 4) is 0 Å². The van der Waals surface area contributed by atoms with Gasteiger partial charge in [-0.1, -0.05) is 11.6 Å². The van der Waals surface area contributed by atoms with Crippen molar-refractivity contribution in [1.29, 1.82) is 0 Å². The Morgan fingerprint density at radius 2 is 2.32 bits per heavy atom. The maximum atomic E-state index is 11.2. The summed E-state index contributed by atoms with van der Waals surface area (Å²) < 4.78 is 5.63. The Kier molecular flexibility index (Phi) is 3.96. The zero-order valence-electron chi connectivity index (χ0n) is 10.9. The van der Waals surface area contributed by atoms with Crippen molar-refractivity contribution in [3.05, 3.63) is 22.8 Å². The van der Waals surface area contributed by atoms with E-state index in [2.05, 4.69) is 10.3 Å². The highest BCUT2D eigenvalue weighted by Gasteiger charge is 2.29. The van der Waals surface area contributed by atoms with Crippen LogP contribution in [0.15, 0.2) is 12.1 Å². The summed E-state index contributed by atoms with van der Waals surface area (Å²) in [7, 11) is 0. The van der Waals surface area contributed by atoms with E-state index in [9.17, 15) is 4.79 Å². The monoisotopic (exact) mass is 284 g/mol. The lowest BCUT2D eigenvalue weighted by Crippen LogP contribution is -2.40. The predicted octanol–water partition coefficient (Wildman–Crippen LogP) is 2.80. The molecule has 0 bridgehead atoms. The van der Waals surface area contributed by atoms with Gasteiger partial charge >= 0.3 is 5.97 Å². The molecule has 2 heterocycles. The van der Waals surface area contributed by atoms with Gasteiger partial charge in [-0.3, -0.25) is 0 Å². The third-order valence-corrected chi connectivity index (χ3v) is 3.34. The van der Waals surface area contributed by atoms with Crippen LogP contribution in [0, 0.1) is 0 Å². The van der Waals surface area contributed by atoms with Crippen molar-refractivity contribution in [2.24, 2.45) is 0 Å². The van der Waals surface area contributed by atoms with E-state index in [0.29, 0.717) is 12.4 Å². The first-order chi connectivity index (χ1) is 8.87. The van der Waals surface area contributed by atoms with Crippen LogP contribution in [0.25, 0.3) is 0 Å². The molecule has 5 nitrogen and oxygen atoms in total. The first-order valence-corrected chi connectivity index (χ1v) is 6.55. The van der Waals surface area contributed by atoms with Crippen LogP contribution in [0.2, 0.25) is 5.15 Å². The number of aromatic carboxylic acids is 1. The molecule has 2 rings (SSSR count). The Bertz CT molecular complexity index is 491. The average Bonchev–Trinajstić information content (AvgIpc) is 2.27. The normalized spacial score (nSPS) is 21.9. The molecule has 0 aromatic carbocycles. The number of rotatable bonds is 3. The smallest absolute Gasteiger partial charge is 0.339 e. The molecule has 1 aromatic heterocycles. The third-order valence-electron chi connectivity index (χ3n) is 3.13. The number of hydrogen-bond donors (Lipinski definition) is 2. The van der Waals surface area contributed by atoms with Crippen LogP contribution in [-0.2, 0) is 4.74 Å².